The minimum absolute atomic E-state index is 0.0758. The van der Waals surface area contributed by atoms with Crippen LogP contribution in [0.25, 0.3) is 0 Å². The lowest BCUT2D eigenvalue weighted by Crippen LogP contribution is -2.15. The SMILES string of the molecule is Cc1cc(Cl)nc(Cl)c1NC(=O)c1ccc(F)cn1. The second-order valence-corrected chi connectivity index (χ2v) is 4.49. The van der Waals surface area contributed by atoms with Crippen molar-refractivity contribution in [3.8, 4) is 0 Å². The van der Waals surface area contributed by atoms with E-state index in [1.807, 2.05) is 0 Å². The summed E-state index contributed by atoms with van der Waals surface area (Å²) in [6.45, 7) is 1.73. The zero-order chi connectivity index (χ0) is 14.0. The zero-order valence-corrected chi connectivity index (χ0v) is 11.3. The molecule has 0 radical (unpaired) electrons. The summed E-state index contributed by atoms with van der Waals surface area (Å²) in [7, 11) is 0. The number of hydrogen-bond acceptors (Lipinski definition) is 3. The van der Waals surface area contributed by atoms with Crippen LogP contribution in [-0.4, -0.2) is 15.9 Å². The van der Waals surface area contributed by atoms with Gasteiger partial charge in [0.15, 0.2) is 5.15 Å². The van der Waals surface area contributed by atoms with Gasteiger partial charge >= 0.3 is 0 Å². The van der Waals surface area contributed by atoms with Gasteiger partial charge in [0.1, 0.15) is 16.7 Å². The highest BCUT2D eigenvalue weighted by Crippen LogP contribution is 2.26. The molecule has 2 heterocycles. The van der Waals surface area contributed by atoms with E-state index in [2.05, 4.69) is 15.3 Å². The number of rotatable bonds is 2. The molecule has 0 saturated heterocycles. The average Bonchev–Trinajstić information content (AvgIpc) is 2.34. The zero-order valence-electron chi connectivity index (χ0n) is 9.75. The second kappa shape index (κ2) is 5.50. The van der Waals surface area contributed by atoms with Crippen molar-refractivity contribution in [3.63, 3.8) is 0 Å². The normalized spacial score (nSPS) is 10.3. The molecule has 2 aromatic heterocycles. The molecule has 7 heteroatoms. The molecule has 0 atom stereocenters. The third kappa shape index (κ3) is 3.19. The number of anilines is 1. The number of amides is 1. The molecule has 4 nitrogen and oxygen atoms in total. The van der Waals surface area contributed by atoms with Crippen molar-refractivity contribution in [2.24, 2.45) is 0 Å². The molecule has 0 saturated carbocycles. The van der Waals surface area contributed by atoms with Crippen LogP contribution in [0.2, 0.25) is 10.3 Å². The van der Waals surface area contributed by atoms with Crippen LogP contribution in [0, 0.1) is 12.7 Å². The number of nitrogens with one attached hydrogen (secondary N) is 1. The molecule has 0 fully saturated rings. The van der Waals surface area contributed by atoms with E-state index in [0.29, 0.717) is 11.3 Å². The highest BCUT2D eigenvalue weighted by Gasteiger charge is 2.13. The molecule has 19 heavy (non-hydrogen) atoms. The van der Waals surface area contributed by atoms with Gasteiger partial charge in [0.05, 0.1) is 11.9 Å². The third-order valence-corrected chi connectivity index (χ3v) is 2.81. The molecule has 0 spiro atoms. The van der Waals surface area contributed by atoms with Crippen molar-refractivity contribution in [2.75, 3.05) is 5.32 Å². The topological polar surface area (TPSA) is 54.9 Å². The van der Waals surface area contributed by atoms with Gasteiger partial charge in [0.25, 0.3) is 5.91 Å². The monoisotopic (exact) mass is 299 g/mol. The Kier molecular flexibility index (Phi) is 3.97. The van der Waals surface area contributed by atoms with Gasteiger partial charge in [0, 0.05) is 0 Å². The van der Waals surface area contributed by atoms with E-state index in [1.54, 1.807) is 13.0 Å². The van der Waals surface area contributed by atoms with E-state index < -0.39 is 11.7 Å². The van der Waals surface area contributed by atoms with Crippen LogP contribution in [0.4, 0.5) is 10.1 Å². The Hall–Kier alpha value is -1.72. The van der Waals surface area contributed by atoms with Crippen molar-refractivity contribution in [2.45, 2.75) is 6.92 Å². The van der Waals surface area contributed by atoms with Gasteiger partial charge in [-0.1, -0.05) is 23.2 Å². The first kappa shape index (κ1) is 13.7. The van der Waals surface area contributed by atoms with E-state index in [4.69, 9.17) is 23.2 Å². The molecular formula is C12H8Cl2FN3O. The summed E-state index contributed by atoms with van der Waals surface area (Å²) in [5.74, 6) is -1.02. The molecule has 2 aromatic rings. The maximum atomic E-state index is 12.7. The van der Waals surface area contributed by atoms with Crippen LogP contribution in [0.5, 0.6) is 0 Å². The third-order valence-electron chi connectivity index (χ3n) is 2.34. The molecule has 1 amide bonds. The molecule has 0 aliphatic heterocycles. The number of halogens is 3. The van der Waals surface area contributed by atoms with Crippen molar-refractivity contribution < 1.29 is 9.18 Å². The van der Waals surface area contributed by atoms with Crippen LogP contribution in [0.15, 0.2) is 24.4 Å². The van der Waals surface area contributed by atoms with Gasteiger partial charge in [-0.25, -0.2) is 14.4 Å². The predicted molar refractivity (Wildman–Crippen MR) is 71.1 cm³/mol. The van der Waals surface area contributed by atoms with E-state index in [9.17, 15) is 9.18 Å². The van der Waals surface area contributed by atoms with Crippen LogP contribution < -0.4 is 5.32 Å². The first-order valence-corrected chi connectivity index (χ1v) is 5.98. The van der Waals surface area contributed by atoms with Crippen LogP contribution in [0.3, 0.4) is 0 Å². The summed E-state index contributed by atoms with van der Waals surface area (Å²) in [5.41, 5.74) is 1.09. The Bertz CT molecular complexity index is 608. The Morgan fingerprint density at radius 3 is 2.68 bits per heavy atom. The Labute approximate surface area is 118 Å². The lowest BCUT2D eigenvalue weighted by Gasteiger charge is -2.09. The molecule has 0 bridgehead atoms. The average molecular weight is 300 g/mol. The second-order valence-electron chi connectivity index (χ2n) is 3.74. The van der Waals surface area contributed by atoms with E-state index in [-0.39, 0.29) is 16.0 Å². The Morgan fingerprint density at radius 2 is 2.11 bits per heavy atom. The van der Waals surface area contributed by atoms with Crippen LogP contribution in [-0.2, 0) is 0 Å². The van der Waals surface area contributed by atoms with Gasteiger partial charge in [-0.2, -0.15) is 0 Å². The first-order chi connectivity index (χ1) is 8.97. The summed E-state index contributed by atoms with van der Waals surface area (Å²) in [6, 6.07) is 3.99. The maximum absolute atomic E-state index is 12.7. The standard InChI is InChI=1S/C12H8Cl2FN3O/c1-6-4-9(13)17-11(14)10(6)18-12(19)8-3-2-7(15)5-16-8/h2-5H,1H3,(H,18,19). The number of aryl methyl sites for hydroxylation is 1. The molecule has 2 rings (SSSR count). The summed E-state index contributed by atoms with van der Waals surface area (Å²) < 4.78 is 12.7. The molecule has 1 N–H and O–H groups in total. The molecular weight excluding hydrogens is 292 g/mol. The molecule has 98 valence electrons. The minimum Gasteiger partial charge on any atom is -0.318 e. The van der Waals surface area contributed by atoms with Gasteiger partial charge in [-0.15, -0.1) is 0 Å². The van der Waals surface area contributed by atoms with E-state index >= 15 is 0 Å². The maximum Gasteiger partial charge on any atom is 0.274 e. The molecule has 0 unspecified atom stereocenters. The van der Waals surface area contributed by atoms with Crippen molar-refractivity contribution in [1.29, 1.82) is 0 Å². The van der Waals surface area contributed by atoms with Crippen LogP contribution in [0.1, 0.15) is 16.1 Å². The fourth-order valence-electron chi connectivity index (χ4n) is 1.43. The number of carbonyl (C=O) groups is 1. The van der Waals surface area contributed by atoms with Crippen molar-refractivity contribution in [3.05, 3.63) is 51.8 Å². The fraction of sp³-hybridized carbons (Fsp3) is 0.0833. The summed E-state index contributed by atoms with van der Waals surface area (Å²) in [6.07, 6.45) is 0.962. The number of carbonyl (C=O) groups excluding carboxylic acids is 1. The largest absolute Gasteiger partial charge is 0.318 e. The molecule has 0 aliphatic rings. The highest BCUT2D eigenvalue weighted by molar-refractivity contribution is 6.35. The molecule has 0 aromatic carbocycles. The number of hydrogen-bond donors (Lipinski definition) is 1. The smallest absolute Gasteiger partial charge is 0.274 e. The van der Waals surface area contributed by atoms with Crippen molar-refractivity contribution in [1.82, 2.24) is 9.97 Å². The Balaban J connectivity index is 2.26. The van der Waals surface area contributed by atoms with Gasteiger partial charge < -0.3 is 5.32 Å². The predicted octanol–water partition coefficient (Wildman–Crippen LogP) is 3.48. The van der Waals surface area contributed by atoms with Gasteiger partial charge in [-0.05, 0) is 30.7 Å². The number of pyridine rings is 2. The number of aromatic nitrogens is 2. The van der Waals surface area contributed by atoms with E-state index in [1.165, 1.54) is 6.07 Å². The summed E-state index contributed by atoms with van der Waals surface area (Å²) in [5, 5.41) is 2.88. The van der Waals surface area contributed by atoms with Crippen LogP contribution >= 0.6 is 23.2 Å². The quantitative estimate of drug-likeness (QED) is 0.864. The minimum atomic E-state index is -0.515. The highest BCUT2D eigenvalue weighted by atomic mass is 35.5. The fourth-order valence-corrected chi connectivity index (χ4v) is 2.01. The van der Waals surface area contributed by atoms with Gasteiger partial charge in [-0.3, -0.25) is 4.79 Å². The van der Waals surface area contributed by atoms with E-state index in [0.717, 1.165) is 12.3 Å². The Morgan fingerprint density at radius 1 is 1.37 bits per heavy atom. The lowest BCUT2D eigenvalue weighted by molar-refractivity contribution is 0.102. The van der Waals surface area contributed by atoms with Gasteiger partial charge in [0.2, 0.25) is 0 Å². The first-order valence-electron chi connectivity index (χ1n) is 5.23. The lowest BCUT2D eigenvalue weighted by atomic mass is 10.2. The summed E-state index contributed by atoms with van der Waals surface area (Å²) in [4.78, 5) is 19.4. The number of nitrogens with zero attached hydrogens (tertiary/aromatic N) is 2. The van der Waals surface area contributed by atoms with Crippen molar-refractivity contribution >= 4 is 34.8 Å². The molecule has 0 aliphatic carbocycles. The summed E-state index contributed by atoms with van der Waals surface area (Å²) >= 11 is 11.6.